The van der Waals surface area contributed by atoms with Crippen molar-refractivity contribution in [2.75, 3.05) is 18.9 Å². The summed E-state index contributed by atoms with van der Waals surface area (Å²) in [5, 5.41) is 9.17. The van der Waals surface area contributed by atoms with Crippen molar-refractivity contribution in [3.05, 3.63) is 27.7 Å². The summed E-state index contributed by atoms with van der Waals surface area (Å²) in [5.41, 5.74) is 8.04. The average Bonchev–Trinajstić information content (AvgIpc) is 2.43. The molecule has 1 heterocycles. The lowest BCUT2D eigenvalue weighted by Crippen LogP contribution is -2.44. The largest absolute Gasteiger partial charge is 0.398 e. The molecule has 0 radical (unpaired) electrons. The summed E-state index contributed by atoms with van der Waals surface area (Å²) in [6.07, 6.45) is 3.76. The fourth-order valence-corrected chi connectivity index (χ4v) is 3.27. The maximum Gasteiger partial charge on any atom is 0.254 e. The predicted octanol–water partition coefficient (Wildman–Crippen LogP) is 2.72. The van der Waals surface area contributed by atoms with Gasteiger partial charge < -0.3 is 15.7 Å². The van der Waals surface area contributed by atoms with E-state index in [9.17, 15) is 4.79 Å². The molecule has 2 rings (SSSR count). The van der Waals surface area contributed by atoms with Crippen LogP contribution in [0.25, 0.3) is 0 Å². The van der Waals surface area contributed by atoms with Crippen molar-refractivity contribution in [3.8, 4) is 0 Å². The van der Waals surface area contributed by atoms with E-state index < -0.39 is 0 Å². The minimum absolute atomic E-state index is 0.0219. The molecule has 0 aliphatic carbocycles. The van der Waals surface area contributed by atoms with E-state index in [0.717, 1.165) is 35.8 Å². The Morgan fingerprint density at radius 3 is 2.95 bits per heavy atom. The normalized spacial score (nSPS) is 19.1. The first-order chi connectivity index (χ1) is 9.54. The van der Waals surface area contributed by atoms with Gasteiger partial charge in [-0.15, -0.1) is 0 Å². The summed E-state index contributed by atoms with van der Waals surface area (Å²) in [5.74, 6) is 0.0219. The number of rotatable bonds is 3. The number of anilines is 1. The quantitative estimate of drug-likeness (QED) is 0.831. The molecule has 1 fully saturated rings. The Balaban J connectivity index is 2.29. The van der Waals surface area contributed by atoms with Crippen molar-refractivity contribution >= 4 is 27.5 Å². The van der Waals surface area contributed by atoms with Crippen LogP contribution in [-0.2, 0) is 0 Å². The van der Waals surface area contributed by atoms with Crippen LogP contribution in [0, 0.1) is 6.92 Å². The van der Waals surface area contributed by atoms with Crippen LogP contribution in [0.15, 0.2) is 16.6 Å². The number of hydrogen-bond acceptors (Lipinski definition) is 3. The molecule has 1 aliphatic rings. The van der Waals surface area contributed by atoms with Crippen LogP contribution in [0.5, 0.6) is 0 Å². The molecule has 1 saturated heterocycles. The number of nitrogen functional groups attached to an aromatic ring is 1. The van der Waals surface area contributed by atoms with Gasteiger partial charge in [0.15, 0.2) is 0 Å². The number of aliphatic hydroxyl groups excluding tert-OH is 1. The molecule has 20 heavy (non-hydrogen) atoms. The number of piperidine rings is 1. The SMILES string of the molecule is Cc1c(N)cc(Br)cc1C(=O)N1CCCCC1CCO. The highest BCUT2D eigenvalue weighted by Crippen LogP contribution is 2.27. The van der Waals surface area contributed by atoms with Crippen LogP contribution in [0.4, 0.5) is 5.69 Å². The van der Waals surface area contributed by atoms with E-state index in [1.165, 1.54) is 0 Å². The van der Waals surface area contributed by atoms with E-state index in [-0.39, 0.29) is 18.6 Å². The van der Waals surface area contributed by atoms with Gasteiger partial charge in [0.2, 0.25) is 0 Å². The maximum absolute atomic E-state index is 12.8. The van der Waals surface area contributed by atoms with E-state index in [1.54, 1.807) is 0 Å². The zero-order valence-corrected chi connectivity index (χ0v) is 13.3. The third-order valence-electron chi connectivity index (χ3n) is 3.99. The average molecular weight is 341 g/mol. The second-order valence-corrected chi connectivity index (χ2v) is 6.24. The van der Waals surface area contributed by atoms with E-state index in [1.807, 2.05) is 24.0 Å². The molecule has 4 nitrogen and oxygen atoms in total. The van der Waals surface area contributed by atoms with E-state index >= 15 is 0 Å². The number of carbonyl (C=O) groups excluding carboxylic acids is 1. The van der Waals surface area contributed by atoms with Crippen molar-refractivity contribution in [2.45, 2.75) is 38.6 Å². The van der Waals surface area contributed by atoms with Crippen LogP contribution in [0.3, 0.4) is 0 Å². The summed E-state index contributed by atoms with van der Waals surface area (Å²) in [6.45, 7) is 2.75. The molecule has 110 valence electrons. The number of likely N-dealkylation sites (tertiary alicyclic amines) is 1. The van der Waals surface area contributed by atoms with E-state index in [2.05, 4.69) is 15.9 Å². The van der Waals surface area contributed by atoms with Gasteiger partial charge in [-0.25, -0.2) is 0 Å². The number of nitrogens with zero attached hydrogens (tertiary/aromatic N) is 1. The molecule has 5 heteroatoms. The zero-order valence-electron chi connectivity index (χ0n) is 11.7. The maximum atomic E-state index is 12.8. The lowest BCUT2D eigenvalue weighted by atomic mass is 9.97. The van der Waals surface area contributed by atoms with Crippen LogP contribution >= 0.6 is 15.9 Å². The second-order valence-electron chi connectivity index (χ2n) is 5.33. The van der Waals surface area contributed by atoms with Crippen molar-refractivity contribution in [3.63, 3.8) is 0 Å². The molecule has 1 unspecified atom stereocenters. The Morgan fingerprint density at radius 1 is 1.50 bits per heavy atom. The van der Waals surface area contributed by atoms with Crippen molar-refractivity contribution in [1.29, 1.82) is 0 Å². The van der Waals surface area contributed by atoms with E-state index in [4.69, 9.17) is 10.8 Å². The first-order valence-corrected chi connectivity index (χ1v) is 7.81. The van der Waals surface area contributed by atoms with Crippen molar-refractivity contribution in [1.82, 2.24) is 4.90 Å². The van der Waals surface area contributed by atoms with Gasteiger partial charge in [0.25, 0.3) is 5.91 Å². The molecule has 1 atom stereocenters. The predicted molar refractivity (Wildman–Crippen MR) is 83.7 cm³/mol. The van der Waals surface area contributed by atoms with Crippen molar-refractivity contribution in [2.24, 2.45) is 0 Å². The van der Waals surface area contributed by atoms with Crippen LogP contribution < -0.4 is 5.73 Å². The minimum atomic E-state index is 0.0219. The molecular weight excluding hydrogens is 320 g/mol. The minimum Gasteiger partial charge on any atom is -0.398 e. The Kier molecular flexibility index (Phi) is 5.05. The molecular formula is C15H21BrN2O2. The Morgan fingerprint density at radius 2 is 2.25 bits per heavy atom. The zero-order chi connectivity index (χ0) is 14.7. The van der Waals surface area contributed by atoms with Gasteiger partial charge in [-0.05, 0) is 50.3 Å². The summed E-state index contributed by atoms with van der Waals surface area (Å²) >= 11 is 3.39. The van der Waals surface area contributed by atoms with Gasteiger partial charge in [0.05, 0.1) is 0 Å². The smallest absolute Gasteiger partial charge is 0.254 e. The Bertz CT molecular complexity index is 503. The third kappa shape index (κ3) is 3.15. The molecule has 3 N–H and O–H groups in total. The van der Waals surface area contributed by atoms with Crippen LogP contribution in [0.1, 0.15) is 41.6 Å². The number of aliphatic hydroxyl groups is 1. The Labute approximate surface area is 128 Å². The van der Waals surface area contributed by atoms with Gasteiger partial charge in [0.1, 0.15) is 0 Å². The molecule has 1 aromatic carbocycles. The third-order valence-corrected chi connectivity index (χ3v) is 4.45. The fraction of sp³-hybridized carbons (Fsp3) is 0.533. The molecule has 0 saturated carbocycles. The standard InChI is InChI=1S/C15H21BrN2O2/c1-10-13(8-11(16)9-14(10)17)15(20)18-6-3-2-4-12(18)5-7-19/h8-9,12,19H,2-7,17H2,1H3. The van der Waals surface area contributed by atoms with Gasteiger partial charge in [-0.1, -0.05) is 15.9 Å². The number of amides is 1. The van der Waals surface area contributed by atoms with Crippen LogP contribution in [0.2, 0.25) is 0 Å². The van der Waals surface area contributed by atoms with E-state index in [0.29, 0.717) is 17.7 Å². The first kappa shape index (κ1) is 15.3. The first-order valence-electron chi connectivity index (χ1n) is 7.02. The topological polar surface area (TPSA) is 66.6 Å². The second kappa shape index (κ2) is 6.59. The van der Waals surface area contributed by atoms with Crippen LogP contribution in [-0.4, -0.2) is 35.1 Å². The lowest BCUT2D eigenvalue weighted by molar-refractivity contribution is 0.0574. The highest BCUT2D eigenvalue weighted by atomic mass is 79.9. The van der Waals surface area contributed by atoms with Crippen molar-refractivity contribution < 1.29 is 9.90 Å². The molecule has 0 bridgehead atoms. The number of carbonyl (C=O) groups is 1. The summed E-state index contributed by atoms with van der Waals surface area (Å²) in [7, 11) is 0. The number of halogens is 1. The van der Waals surface area contributed by atoms with Gasteiger partial charge in [-0.3, -0.25) is 4.79 Å². The monoisotopic (exact) mass is 340 g/mol. The molecule has 1 amide bonds. The fourth-order valence-electron chi connectivity index (χ4n) is 2.79. The van der Waals surface area contributed by atoms with Gasteiger partial charge >= 0.3 is 0 Å². The van der Waals surface area contributed by atoms with Gasteiger partial charge in [0, 0.05) is 34.9 Å². The summed E-state index contributed by atoms with van der Waals surface area (Å²) < 4.78 is 0.819. The molecule has 0 spiro atoms. The lowest BCUT2D eigenvalue weighted by Gasteiger charge is -2.36. The number of nitrogens with two attached hydrogens (primary N) is 1. The number of hydrogen-bond donors (Lipinski definition) is 2. The van der Waals surface area contributed by atoms with Gasteiger partial charge in [-0.2, -0.15) is 0 Å². The summed E-state index contributed by atoms with van der Waals surface area (Å²) in [4.78, 5) is 14.7. The molecule has 0 aromatic heterocycles. The molecule has 1 aliphatic heterocycles. The Hall–Kier alpha value is -1.07. The highest BCUT2D eigenvalue weighted by molar-refractivity contribution is 9.10. The molecule has 1 aromatic rings. The number of benzene rings is 1. The highest BCUT2D eigenvalue weighted by Gasteiger charge is 2.28. The summed E-state index contributed by atoms with van der Waals surface area (Å²) in [6, 6.07) is 3.78.